The molecule has 0 aliphatic rings. The van der Waals surface area contributed by atoms with Crippen molar-refractivity contribution in [2.45, 2.75) is 6.92 Å². The van der Waals surface area contributed by atoms with Crippen molar-refractivity contribution < 1.29 is 19.7 Å². The first-order valence-corrected chi connectivity index (χ1v) is 6.40. The highest BCUT2D eigenvalue weighted by molar-refractivity contribution is 5.98. The average molecular weight is 284 g/mol. The Morgan fingerprint density at radius 1 is 1.05 bits per heavy atom. The Morgan fingerprint density at radius 3 is 2.24 bits per heavy atom. The number of Topliss-reactive ketones (excluding diaryl/α,β-unsaturated/α-hetero) is 1. The van der Waals surface area contributed by atoms with Crippen LogP contribution in [0.25, 0.3) is 12.2 Å². The number of hydrogen-bond donors (Lipinski definition) is 2. The summed E-state index contributed by atoms with van der Waals surface area (Å²) in [6, 6.07) is 10.00. The van der Waals surface area contributed by atoms with Crippen molar-refractivity contribution >= 4 is 17.9 Å². The van der Waals surface area contributed by atoms with Gasteiger partial charge in [0.2, 0.25) is 0 Å². The van der Waals surface area contributed by atoms with E-state index in [0.29, 0.717) is 0 Å². The number of carbonyl (C=O) groups is 1. The molecule has 0 atom stereocenters. The second-order valence-electron chi connectivity index (χ2n) is 4.60. The molecule has 0 bridgehead atoms. The van der Waals surface area contributed by atoms with Crippen LogP contribution in [0.1, 0.15) is 28.4 Å². The molecular formula is C17H16O4. The molecular weight excluding hydrogens is 268 g/mol. The maximum Gasteiger partial charge on any atom is 0.168 e. The van der Waals surface area contributed by atoms with E-state index in [1.165, 1.54) is 14.0 Å². The molecule has 108 valence electrons. The average Bonchev–Trinajstić information content (AvgIpc) is 2.47. The van der Waals surface area contributed by atoms with Crippen molar-refractivity contribution in [3.63, 3.8) is 0 Å². The van der Waals surface area contributed by atoms with Crippen LogP contribution < -0.4 is 4.74 Å². The minimum Gasteiger partial charge on any atom is -0.508 e. The van der Waals surface area contributed by atoms with E-state index < -0.39 is 0 Å². The highest BCUT2D eigenvalue weighted by atomic mass is 16.5. The van der Waals surface area contributed by atoms with Gasteiger partial charge in [-0.2, -0.15) is 0 Å². The number of phenols is 2. The van der Waals surface area contributed by atoms with Crippen molar-refractivity contribution in [2.24, 2.45) is 0 Å². The maximum atomic E-state index is 11.5. The number of carbonyl (C=O) groups excluding carboxylic acids is 1. The molecule has 2 N–H and O–H groups in total. The van der Waals surface area contributed by atoms with Gasteiger partial charge in [-0.1, -0.05) is 24.3 Å². The molecule has 0 amide bonds. The molecule has 21 heavy (non-hydrogen) atoms. The van der Waals surface area contributed by atoms with Gasteiger partial charge >= 0.3 is 0 Å². The van der Waals surface area contributed by atoms with Gasteiger partial charge in [0.25, 0.3) is 0 Å². The predicted octanol–water partition coefficient (Wildman–Crippen LogP) is 3.48. The summed E-state index contributed by atoms with van der Waals surface area (Å²) >= 11 is 0. The molecule has 2 aromatic carbocycles. The molecule has 0 unspecified atom stereocenters. The third-order valence-corrected chi connectivity index (χ3v) is 3.06. The Labute approximate surface area is 122 Å². The lowest BCUT2D eigenvalue weighted by atomic mass is 10.0. The van der Waals surface area contributed by atoms with Crippen LogP contribution in [-0.4, -0.2) is 23.1 Å². The van der Waals surface area contributed by atoms with Crippen molar-refractivity contribution in [3.8, 4) is 17.2 Å². The van der Waals surface area contributed by atoms with Crippen LogP contribution in [0, 0.1) is 0 Å². The Morgan fingerprint density at radius 2 is 1.67 bits per heavy atom. The van der Waals surface area contributed by atoms with Gasteiger partial charge in [-0.15, -0.1) is 0 Å². The van der Waals surface area contributed by atoms with E-state index in [9.17, 15) is 15.0 Å². The summed E-state index contributed by atoms with van der Waals surface area (Å²) in [6.45, 7) is 1.39. The minimum atomic E-state index is -0.231. The molecule has 0 saturated heterocycles. The quantitative estimate of drug-likeness (QED) is 0.666. The van der Waals surface area contributed by atoms with Crippen LogP contribution in [-0.2, 0) is 0 Å². The first kappa shape index (κ1) is 14.7. The molecule has 0 heterocycles. The normalized spacial score (nSPS) is 10.8. The zero-order valence-electron chi connectivity index (χ0n) is 11.8. The van der Waals surface area contributed by atoms with Gasteiger partial charge in [0.1, 0.15) is 5.75 Å². The number of phenolic OH excluding ortho intramolecular Hbond substituents is 2. The molecule has 0 aliphatic heterocycles. The molecule has 2 aromatic rings. The molecule has 0 saturated carbocycles. The molecule has 0 fully saturated rings. The van der Waals surface area contributed by atoms with Crippen molar-refractivity contribution in [2.75, 3.05) is 7.11 Å². The zero-order valence-corrected chi connectivity index (χ0v) is 11.8. The lowest BCUT2D eigenvalue weighted by Crippen LogP contribution is -1.96. The zero-order chi connectivity index (χ0) is 15.4. The van der Waals surface area contributed by atoms with E-state index in [-0.39, 0.29) is 28.6 Å². The number of ether oxygens (including phenoxy) is 1. The number of rotatable bonds is 4. The fraction of sp³-hybridized carbons (Fsp3) is 0.118. The van der Waals surface area contributed by atoms with E-state index >= 15 is 0 Å². The second kappa shape index (κ2) is 6.13. The molecule has 0 aromatic heterocycles. The first-order valence-electron chi connectivity index (χ1n) is 6.40. The monoisotopic (exact) mass is 284 g/mol. The van der Waals surface area contributed by atoms with Gasteiger partial charge in [0, 0.05) is 0 Å². The SMILES string of the molecule is COc1cc(/C=C/c2ccc(O)cc2)cc(C(C)=O)c1O. The summed E-state index contributed by atoms with van der Waals surface area (Å²) in [7, 11) is 1.44. The smallest absolute Gasteiger partial charge is 0.168 e. The topological polar surface area (TPSA) is 66.8 Å². The lowest BCUT2D eigenvalue weighted by Gasteiger charge is -2.08. The molecule has 4 nitrogen and oxygen atoms in total. The second-order valence-corrected chi connectivity index (χ2v) is 4.60. The standard InChI is InChI=1S/C17H16O4/c1-11(18)15-9-13(10-16(21-2)17(15)20)4-3-12-5-7-14(19)8-6-12/h3-10,19-20H,1-2H3/b4-3+. The van der Waals surface area contributed by atoms with E-state index in [2.05, 4.69) is 0 Å². The van der Waals surface area contributed by atoms with E-state index in [1.54, 1.807) is 42.5 Å². The third-order valence-electron chi connectivity index (χ3n) is 3.06. The Hall–Kier alpha value is -2.75. The number of methoxy groups -OCH3 is 1. The summed E-state index contributed by atoms with van der Waals surface area (Å²) in [5, 5.41) is 19.1. The molecule has 0 aliphatic carbocycles. The highest BCUT2D eigenvalue weighted by Gasteiger charge is 2.12. The summed E-state index contributed by atoms with van der Waals surface area (Å²) in [6.07, 6.45) is 3.65. The number of hydrogen-bond acceptors (Lipinski definition) is 4. The van der Waals surface area contributed by atoms with Gasteiger partial charge < -0.3 is 14.9 Å². The number of ketones is 1. The minimum absolute atomic E-state index is 0.146. The first-order chi connectivity index (χ1) is 10.0. The van der Waals surface area contributed by atoms with Crippen molar-refractivity contribution in [3.05, 3.63) is 53.1 Å². The largest absolute Gasteiger partial charge is 0.508 e. The summed E-state index contributed by atoms with van der Waals surface area (Å²) in [4.78, 5) is 11.5. The van der Waals surface area contributed by atoms with E-state index in [0.717, 1.165) is 11.1 Å². The Balaban J connectivity index is 2.37. The summed E-state index contributed by atoms with van der Waals surface area (Å²) in [5.41, 5.74) is 1.87. The van der Waals surface area contributed by atoms with Crippen molar-refractivity contribution in [1.29, 1.82) is 0 Å². The number of benzene rings is 2. The summed E-state index contributed by atoms with van der Waals surface area (Å²) < 4.78 is 5.08. The summed E-state index contributed by atoms with van der Waals surface area (Å²) in [5.74, 6) is 0.0860. The van der Waals surface area contributed by atoms with Crippen LogP contribution in [0.5, 0.6) is 17.2 Å². The van der Waals surface area contributed by atoms with Gasteiger partial charge in [-0.3, -0.25) is 4.79 Å². The number of aromatic hydroxyl groups is 2. The molecule has 0 radical (unpaired) electrons. The van der Waals surface area contributed by atoms with Crippen LogP contribution in [0.4, 0.5) is 0 Å². The Kier molecular flexibility index (Phi) is 4.28. The fourth-order valence-electron chi connectivity index (χ4n) is 1.93. The van der Waals surface area contributed by atoms with Crippen LogP contribution >= 0.6 is 0 Å². The fourth-order valence-corrected chi connectivity index (χ4v) is 1.93. The van der Waals surface area contributed by atoms with Crippen LogP contribution in [0.3, 0.4) is 0 Å². The maximum absolute atomic E-state index is 11.5. The van der Waals surface area contributed by atoms with Gasteiger partial charge in [-0.25, -0.2) is 0 Å². The van der Waals surface area contributed by atoms with Gasteiger partial charge in [0.15, 0.2) is 17.3 Å². The van der Waals surface area contributed by atoms with Crippen molar-refractivity contribution in [1.82, 2.24) is 0 Å². The van der Waals surface area contributed by atoms with E-state index in [1.807, 2.05) is 6.08 Å². The molecule has 0 spiro atoms. The highest BCUT2D eigenvalue weighted by Crippen LogP contribution is 2.32. The molecule has 2 rings (SSSR count). The molecule has 4 heteroatoms. The van der Waals surface area contributed by atoms with Crippen LogP contribution in [0.2, 0.25) is 0 Å². The van der Waals surface area contributed by atoms with Crippen LogP contribution in [0.15, 0.2) is 36.4 Å². The van der Waals surface area contributed by atoms with Gasteiger partial charge in [0.05, 0.1) is 12.7 Å². The predicted molar refractivity (Wildman–Crippen MR) is 81.7 cm³/mol. The van der Waals surface area contributed by atoms with E-state index in [4.69, 9.17) is 4.74 Å². The Bertz CT molecular complexity index is 685. The third kappa shape index (κ3) is 3.42. The lowest BCUT2D eigenvalue weighted by molar-refractivity contribution is 0.101. The van der Waals surface area contributed by atoms with Gasteiger partial charge in [-0.05, 0) is 42.3 Å².